The van der Waals surface area contributed by atoms with Gasteiger partial charge in [-0.2, -0.15) is 0 Å². The van der Waals surface area contributed by atoms with Gasteiger partial charge in [0, 0.05) is 19.1 Å². The number of rotatable bonds is 3. The Morgan fingerprint density at radius 2 is 1.96 bits per heavy atom. The fourth-order valence-corrected chi connectivity index (χ4v) is 2.46. The van der Waals surface area contributed by atoms with E-state index < -0.39 is 0 Å². The molecule has 0 unspecified atom stereocenters. The van der Waals surface area contributed by atoms with Crippen LogP contribution in [0.2, 0.25) is 5.02 Å². The Morgan fingerprint density at radius 1 is 1.26 bits per heavy atom. The molecule has 1 aromatic rings. The van der Waals surface area contributed by atoms with E-state index in [1.165, 1.54) is 0 Å². The number of aliphatic imine (C=N–C) groups is 1. The largest absolute Gasteiger partial charge is 0.486 e. The van der Waals surface area contributed by atoms with Crippen LogP contribution in [0.3, 0.4) is 0 Å². The van der Waals surface area contributed by atoms with Crippen molar-refractivity contribution in [3.63, 3.8) is 0 Å². The molecule has 0 bridgehead atoms. The van der Waals surface area contributed by atoms with Gasteiger partial charge in [0.25, 0.3) is 0 Å². The predicted octanol–water partition coefficient (Wildman–Crippen LogP) is 3.24. The zero-order valence-corrected chi connectivity index (χ0v) is 17.1. The third-order valence-electron chi connectivity index (χ3n) is 3.08. The molecular formula is C16H25ClIN3O2. The summed E-state index contributed by atoms with van der Waals surface area (Å²) in [7, 11) is 1.77. The van der Waals surface area contributed by atoms with Gasteiger partial charge in [-0.3, -0.25) is 4.99 Å². The summed E-state index contributed by atoms with van der Waals surface area (Å²) >= 11 is 6.24. The van der Waals surface area contributed by atoms with E-state index >= 15 is 0 Å². The molecule has 5 nitrogen and oxygen atoms in total. The summed E-state index contributed by atoms with van der Waals surface area (Å²) in [5, 5.41) is 7.22. The standard InChI is InChI=1S/C16H24ClN3O2.HI/c1-16(2,3)20-15(18-4)19-6-5-11-9-12(17)14-13(10-11)21-7-8-22-14;/h9-10H,5-8H2,1-4H3,(H2,18,19,20);1H. The summed E-state index contributed by atoms with van der Waals surface area (Å²) in [4.78, 5) is 4.22. The van der Waals surface area contributed by atoms with E-state index in [1.54, 1.807) is 7.05 Å². The van der Waals surface area contributed by atoms with Gasteiger partial charge in [0.15, 0.2) is 17.5 Å². The van der Waals surface area contributed by atoms with Crippen molar-refractivity contribution in [3.8, 4) is 11.5 Å². The molecule has 1 aliphatic heterocycles. The summed E-state index contributed by atoms with van der Waals surface area (Å²) in [6.45, 7) is 8.16. The SMILES string of the molecule is CN=C(NCCc1cc(Cl)c2c(c1)OCCO2)NC(C)(C)C.I. The van der Waals surface area contributed by atoms with Gasteiger partial charge in [0.2, 0.25) is 0 Å². The quantitative estimate of drug-likeness (QED) is 0.419. The molecule has 0 atom stereocenters. The summed E-state index contributed by atoms with van der Waals surface area (Å²) < 4.78 is 11.1. The molecule has 1 aliphatic rings. The van der Waals surface area contributed by atoms with Crippen molar-refractivity contribution in [2.24, 2.45) is 4.99 Å². The van der Waals surface area contributed by atoms with Gasteiger partial charge in [0.05, 0.1) is 5.02 Å². The van der Waals surface area contributed by atoms with E-state index in [1.807, 2.05) is 12.1 Å². The molecule has 2 rings (SSSR count). The minimum absolute atomic E-state index is 0. The average Bonchev–Trinajstić information content (AvgIpc) is 2.45. The lowest BCUT2D eigenvalue weighted by molar-refractivity contribution is 0.171. The van der Waals surface area contributed by atoms with Crippen LogP contribution in [0.15, 0.2) is 17.1 Å². The smallest absolute Gasteiger partial charge is 0.191 e. The molecule has 23 heavy (non-hydrogen) atoms. The molecule has 7 heteroatoms. The molecule has 1 aromatic carbocycles. The number of fused-ring (bicyclic) bond motifs is 1. The second kappa shape index (κ2) is 8.82. The van der Waals surface area contributed by atoms with Crippen molar-refractivity contribution >= 4 is 41.5 Å². The fraction of sp³-hybridized carbons (Fsp3) is 0.562. The van der Waals surface area contributed by atoms with Gasteiger partial charge < -0.3 is 20.1 Å². The molecule has 0 aromatic heterocycles. The summed E-state index contributed by atoms with van der Waals surface area (Å²) in [5.41, 5.74) is 1.08. The maximum Gasteiger partial charge on any atom is 0.191 e. The first-order valence-electron chi connectivity index (χ1n) is 7.46. The van der Waals surface area contributed by atoms with Crippen LogP contribution in [-0.2, 0) is 6.42 Å². The number of benzene rings is 1. The molecule has 0 aliphatic carbocycles. The lowest BCUT2D eigenvalue weighted by Gasteiger charge is -2.24. The van der Waals surface area contributed by atoms with Gasteiger partial charge in [0.1, 0.15) is 13.2 Å². The topological polar surface area (TPSA) is 54.9 Å². The lowest BCUT2D eigenvalue weighted by Crippen LogP contribution is -2.48. The number of hydrogen-bond donors (Lipinski definition) is 2. The number of guanidine groups is 1. The first-order valence-corrected chi connectivity index (χ1v) is 7.84. The Balaban J connectivity index is 0.00000264. The maximum atomic E-state index is 6.24. The van der Waals surface area contributed by atoms with Crippen molar-refractivity contribution in [3.05, 3.63) is 22.7 Å². The molecule has 0 spiro atoms. The molecule has 0 fully saturated rings. The van der Waals surface area contributed by atoms with Gasteiger partial charge in [-0.1, -0.05) is 11.6 Å². The van der Waals surface area contributed by atoms with Gasteiger partial charge >= 0.3 is 0 Å². The normalized spacial score (nSPS) is 14.0. The second-order valence-electron chi connectivity index (χ2n) is 6.23. The van der Waals surface area contributed by atoms with Crippen molar-refractivity contribution in [2.75, 3.05) is 26.8 Å². The fourth-order valence-electron chi connectivity index (χ4n) is 2.17. The van der Waals surface area contributed by atoms with Gasteiger partial charge in [-0.05, 0) is 44.9 Å². The van der Waals surface area contributed by atoms with E-state index in [2.05, 4.69) is 36.4 Å². The molecular weight excluding hydrogens is 429 g/mol. The van der Waals surface area contributed by atoms with Crippen molar-refractivity contribution in [1.82, 2.24) is 10.6 Å². The van der Waals surface area contributed by atoms with Crippen LogP contribution < -0.4 is 20.1 Å². The van der Waals surface area contributed by atoms with Crippen LogP contribution in [0, 0.1) is 0 Å². The van der Waals surface area contributed by atoms with Crippen LogP contribution >= 0.6 is 35.6 Å². The Kier molecular flexibility index (Phi) is 7.73. The van der Waals surface area contributed by atoms with Crippen molar-refractivity contribution in [2.45, 2.75) is 32.7 Å². The number of ether oxygens (including phenoxy) is 2. The molecule has 1 heterocycles. The summed E-state index contributed by atoms with van der Waals surface area (Å²) in [5.74, 6) is 2.16. The Morgan fingerprint density at radius 3 is 2.61 bits per heavy atom. The highest BCUT2D eigenvalue weighted by molar-refractivity contribution is 14.0. The first kappa shape index (κ1) is 20.2. The number of nitrogens with zero attached hydrogens (tertiary/aromatic N) is 1. The highest BCUT2D eigenvalue weighted by Gasteiger charge is 2.16. The van der Waals surface area contributed by atoms with E-state index in [4.69, 9.17) is 21.1 Å². The highest BCUT2D eigenvalue weighted by atomic mass is 127. The highest BCUT2D eigenvalue weighted by Crippen LogP contribution is 2.38. The second-order valence-corrected chi connectivity index (χ2v) is 6.63. The van der Waals surface area contributed by atoms with E-state index in [-0.39, 0.29) is 29.5 Å². The monoisotopic (exact) mass is 453 g/mol. The third-order valence-corrected chi connectivity index (χ3v) is 3.36. The predicted molar refractivity (Wildman–Crippen MR) is 106 cm³/mol. The minimum Gasteiger partial charge on any atom is -0.486 e. The van der Waals surface area contributed by atoms with E-state index in [0.29, 0.717) is 24.0 Å². The number of hydrogen-bond acceptors (Lipinski definition) is 3. The number of halogens is 2. The summed E-state index contributed by atoms with van der Waals surface area (Å²) in [6.07, 6.45) is 0.821. The minimum atomic E-state index is -0.0256. The Hall–Kier alpha value is -0.890. The van der Waals surface area contributed by atoms with Crippen molar-refractivity contribution in [1.29, 1.82) is 0 Å². The molecule has 130 valence electrons. The first-order chi connectivity index (χ1) is 10.4. The molecule has 0 saturated heterocycles. The van der Waals surface area contributed by atoms with Crippen LogP contribution in [0.25, 0.3) is 0 Å². The molecule has 0 saturated carbocycles. The van der Waals surface area contributed by atoms with E-state index in [0.717, 1.165) is 30.2 Å². The lowest BCUT2D eigenvalue weighted by atomic mass is 10.1. The number of nitrogens with one attached hydrogen (secondary N) is 2. The zero-order chi connectivity index (χ0) is 16.2. The van der Waals surface area contributed by atoms with Crippen LogP contribution in [0.5, 0.6) is 11.5 Å². The van der Waals surface area contributed by atoms with Crippen LogP contribution in [-0.4, -0.2) is 38.3 Å². The van der Waals surface area contributed by atoms with Crippen LogP contribution in [0.4, 0.5) is 0 Å². The Bertz CT molecular complexity index is 559. The molecule has 0 amide bonds. The van der Waals surface area contributed by atoms with Crippen molar-refractivity contribution < 1.29 is 9.47 Å². The molecule has 2 N–H and O–H groups in total. The van der Waals surface area contributed by atoms with Crippen LogP contribution in [0.1, 0.15) is 26.3 Å². The summed E-state index contributed by atoms with van der Waals surface area (Å²) in [6, 6.07) is 3.92. The van der Waals surface area contributed by atoms with Gasteiger partial charge in [-0.25, -0.2) is 0 Å². The van der Waals surface area contributed by atoms with E-state index in [9.17, 15) is 0 Å². The Labute approximate surface area is 160 Å². The molecule has 0 radical (unpaired) electrons. The maximum absolute atomic E-state index is 6.24. The third kappa shape index (κ3) is 6.25. The zero-order valence-electron chi connectivity index (χ0n) is 14.0. The average molecular weight is 454 g/mol. The van der Waals surface area contributed by atoms with Gasteiger partial charge in [-0.15, -0.1) is 24.0 Å².